The number of benzene rings is 2. The van der Waals surface area contributed by atoms with E-state index in [1.807, 2.05) is 30.3 Å². The van der Waals surface area contributed by atoms with Crippen molar-refractivity contribution in [1.29, 1.82) is 0 Å². The second-order valence-electron chi connectivity index (χ2n) is 10.3. The molecule has 0 aromatic heterocycles. The van der Waals surface area contributed by atoms with Crippen LogP contribution in [0.2, 0.25) is 0 Å². The normalized spacial score (nSPS) is 25.0. The van der Waals surface area contributed by atoms with E-state index < -0.39 is 40.5 Å². The predicted molar refractivity (Wildman–Crippen MR) is 129 cm³/mol. The molecule has 1 aliphatic carbocycles. The van der Waals surface area contributed by atoms with E-state index in [0.717, 1.165) is 5.56 Å². The third kappa shape index (κ3) is 5.70. The van der Waals surface area contributed by atoms with Crippen LogP contribution in [0.5, 0.6) is 0 Å². The smallest absolute Gasteiger partial charge is 0.395 e. The average Bonchev–Trinajstić information content (AvgIpc) is 3.11. The second-order valence-corrected chi connectivity index (χ2v) is 10.3. The number of likely N-dealkylation sites (tertiary alicyclic amines) is 1. The van der Waals surface area contributed by atoms with Crippen LogP contribution in [0.3, 0.4) is 0 Å². The van der Waals surface area contributed by atoms with Gasteiger partial charge in [-0.25, -0.2) is 0 Å². The zero-order valence-corrected chi connectivity index (χ0v) is 21.2. The van der Waals surface area contributed by atoms with E-state index in [4.69, 9.17) is 4.74 Å². The number of aliphatic hydroxyl groups excluding tert-OH is 1. The first-order valence-electron chi connectivity index (χ1n) is 12.6. The summed E-state index contributed by atoms with van der Waals surface area (Å²) < 4.78 is 86.2. The number of Topliss-reactive ketones (excluding diaryl/α,β-unsaturated/α-hetero) is 1. The van der Waals surface area contributed by atoms with Crippen molar-refractivity contribution in [1.82, 2.24) is 4.90 Å². The number of amides is 1. The molecule has 1 atom stereocenters. The molecule has 1 spiro atoms. The lowest BCUT2D eigenvalue weighted by molar-refractivity contribution is -0.143. The van der Waals surface area contributed by atoms with E-state index in [2.05, 4.69) is 0 Å². The van der Waals surface area contributed by atoms with Gasteiger partial charge in [-0.15, -0.1) is 0 Å². The summed E-state index contributed by atoms with van der Waals surface area (Å²) in [6.45, 7) is 1.13. The van der Waals surface area contributed by atoms with Gasteiger partial charge in [0.2, 0.25) is 5.91 Å². The van der Waals surface area contributed by atoms with Gasteiger partial charge in [-0.2, -0.15) is 26.3 Å². The summed E-state index contributed by atoms with van der Waals surface area (Å²) in [5.74, 6) is -0.545. The van der Waals surface area contributed by atoms with Crippen molar-refractivity contribution >= 4 is 11.7 Å². The number of halogens is 6. The summed E-state index contributed by atoms with van der Waals surface area (Å²) in [5.41, 5.74) is -3.93. The minimum Gasteiger partial charge on any atom is -0.395 e. The topological polar surface area (TPSA) is 66.8 Å². The molecule has 5 nitrogen and oxygen atoms in total. The van der Waals surface area contributed by atoms with Gasteiger partial charge in [-0.3, -0.25) is 9.59 Å². The monoisotopic (exact) mass is 557 g/mol. The van der Waals surface area contributed by atoms with Gasteiger partial charge in [-0.1, -0.05) is 30.3 Å². The van der Waals surface area contributed by atoms with Gasteiger partial charge in [0.25, 0.3) is 0 Å². The first-order chi connectivity index (χ1) is 18.2. The molecule has 1 amide bonds. The molecule has 2 fully saturated rings. The Morgan fingerprint density at radius 1 is 0.923 bits per heavy atom. The minimum absolute atomic E-state index is 0.0198. The number of carbonyl (C=O) groups excluding carboxylic acids is 2. The highest BCUT2D eigenvalue weighted by molar-refractivity contribution is 6.10. The van der Waals surface area contributed by atoms with Crippen molar-refractivity contribution in [2.45, 2.75) is 68.4 Å². The summed E-state index contributed by atoms with van der Waals surface area (Å²) in [5, 5.41) is 9.45. The summed E-state index contributed by atoms with van der Waals surface area (Å²) in [4.78, 5) is 26.8. The van der Waals surface area contributed by atoms with Crippen molar-refractivity contribution in [2.24, 2.45) is 0 Å². The summed E-state index contributed by atoms with van der Waals surface area (Å²) in [7, 11) is 0. The highest BCUT2D eigenvalue weighted by atomic mass is 19.4. The van der Waals surface area contributed by atoms with Crippen LogP contribution in [-0.4, -0.2) is 47.0 Å². The fourth-order valence-electron chi connectivity index (χ4n) is 5.82. The van der Waals surface area contributed by atoms with Gasteiger partial charge in [0.1, 0.15) is 5.54 Å². The third-order valence-corrected chi connectivity index (χ3v) is 8.08. The number of ether oxygens (including phenoxy) is 1. The molecule has 11 heteroatoms. The van der Waals surface area contributed by atoms with Gasteiger partial charge in [0.05, 0.1) is 36.9 Å². The van der Waals surface area contributed by atoms with E-state index in [9.17, 15) is 41.0 Å². The fraction of sp³-hybridized carbons (Fsp3) is 0.500. The van der Waals surface area contributed by atoms with Crippen molar-refractivity contribution in [2.75, 3.05) is 19.8 Å². The number of nitrogens with zero attached hydrogens (tertiary/aromatic N) is 1. The third-order valence-electron chi connectivity index (χ3n) is 8.08. The Bertz CT molecular complexity index is 1170. The van der Waals surface area contributed by atoms with Crippen LogP contribution in [0.4, 0.5) is 26.3 Å². The Morgan fingerprint density at radius 3 is 2.00 bits per heavy atom. The lowest BCUT2D eigenvalue weighted by Gasteiger charge is -2.48. The van der Waals surface area contributed by atoms with Crippen LogP contribution in [0.1, 0.15) is 67.4 Å². The maximum Gasteiger partial charge on any atom is 0.416 e. The molecule has 1 heterocycles. The molecule has 0 radical (unpaired) electrons. The zero-order chi connectivity index (χ0) is 28.6. The first kappa shape index (κ1) is 29.1. The van der Waals surface area contributed by atoms with Crippen LogP contribution in [0.25, 0.3) is 0 Å². The van der Waals surface area contributed by atoms with Crippen molar-refractivity contribution in [3.05, 3.63) is 70.8 Å². The number of ketones is 1. The van der Waals surface area contributed by atoms with E-state index in [1.54, 1.807) is 0 Å². The largest absolute Gasteiger partial charge is 0.416 e. The number of rotatable bonds is 7. The van der Waals surface area contributed by atoms with Gasteiger partial charge in [-0.05, 0) is 61.9 Å². The van der Waals surface area contributed by atoms with Crippen LogP contribution in [0, 0.1) is 0 Å². The highest BCUT2D eigenvalue weighted by Gasteiger charge is 2.56. The lowest BCUT2D eigenvalue weighted by atomic mass is 9.63. The number of hydrogen-bond donors (Lipinski definition) is 1. The first-order valence-corrected chi connectivity index (χ1v) is 12.6. The Morgan fingerprint density at radius 2 is 1.49 bits per heavy atom. The molecule has 1 N–H and O–H groups in total. The second kappa shape index (κ2) is 10.6. The van der Waals surface area contributed by atoms with Crippen LogP contribution >= 0.6 is 0 Å². The molecule has 0 bridgehead atoms. The number of carbonyl (C=O) groups is 2. The van der Waals surface area contributed by atoms with Crippen LogP contribution in [0.15, 0.2) is 48.5 Å². The van der Waals surface area contributed by atoms with Crippen LogP contribution in [-0.2, 0) is 32.1 Å². The van der Waals surface area contributed by atoms with E-state index >= 15 is 0 Å². The molecular formula is C28H29F6NO4. The van der Waals surface area contributed by atoms with Gasteiger partial charge in [0, 0.05) is 12.0 Å². The SMILES string of the molecule is C[C@@H](OCC1(c2ccccc2)CCC2(CC1)C(=O)CC(=O)N2CCO)c1cc(C(F)(F)F)cc(C(F)(F)F)c1. The number of alkyl halides is 6. The number of hydrogen-bond acceptors (Lipinski definition) is 4. The number of β-amino-alcohol motifs (C(OH)–C–C–N with tert-alkyl or cyclic N) is 1. The molecule has 1 saturated heterocycles. The molecular weight excluding hydrogens is 528 g/mol. The Kier molecular flexibility index (Phi) is 7.88. The molecule has 0 unspecified atom stereocenters. The maximum atomic E-state index is 13.4. The highest BCUT2D eigenvalue weighted by Crippen LogP contribution is 2.49. The standard InChI is InChI=1S/C28H29F6NO4/c1-18(19-13-21(27(29,30)31)15-22(14-19)28(32,33)34)39-17-25(20-5-3-2-4-6-20)7-9-26(10-8-25)23(37)16-24(38)35(26)11-12-36/h2-6,13-15,18,36H,7-12,16-17H2,1H3/t18-,25?,26?/m1/s1. The van der Waals surface area contributed by atoms with Gasteiger partial charge < -0.3 is 14.7 Å². The zero-order valence-electron chi connectivity index (χ0n) is 21.2. The van der Waals surface area contributed by atoms with Crippen molar-refractivity contribution in [3.63, 3.8) is 0 Å². The van der Waals surface area contributed by atoms with Crippen molar-refractivity contribution < 1.29 is 45.8 Å². The molecule has 1 aliphatic heterocycles. The lowest BCUT2D eigenvalue weighted by Crippen LogP contribution is -2.55. The molecule has 4 rings (SSSR count). The summed E-state index contributed by atoms with van der Waals surface area (Å²) in [6, 6.07) is 10.6. The minimum atomic E-state index is -4.97. The number of aliphatic hydroxyl groups is 1. The quantitative estimate of drug-likeness (QED) is 0.343. The summed E-state index contributed by atoms with van der Waals surface area (Å²) in [6.07, 6.45) is -9.89. The molecule has 2 aromatic carbocycles. The molecule has 212 valence electrons. The van der Waals surface area contributed by atoms with E-state index in [-0.39, 0.29) is 49.5 Å². The Balaban J connectivity index is 1.61. The van der Waals surface area contributed by atoms with E-state index in [0.29, 0.717) is 37.8 Å². The average molecular weight is 558 g/mol. The Labute approximate surface area is 221 Å². The Hall–Kier alpha value is -2.92. The summed E-state index contributed by atoms with van der Waals surface area (Å²) >= 11 is 0. The molecule has 39 heavy (non-hydrogen) atoms. The fourth-order valence-corrected chi connectivity index (χ4v) is 5.82. The van der Waals surface area contributed by atoms with E-state index in [1.165, 1.54) is 11.8 Å². The molecule has 1 saturated carbocycles. The maximum absolute atomic E-state index is 13.4. The van der Waals surface area contributed by atoms with Gasteiger partial charge >= 0.3 is 12.4 Å². The van der Waals surface area contributed by atoms with Gasteiger partial charge in [0.15, 0.2) is 5.78 Å². The predicted octanol–water partition coefficient (Wildman–Crippen LogP) is 5.85. The van der Waals surface area contributed by atoms with Crippen molar-refractivity contribution in [3.8, 4) is 0 Å². The molecule has 2 aromatic rings. The van der Waals surface area contributed by atoms with Crippen LogP contribution < -0.4 is 0 Å². The molecule has 2 aliphatic rings.